The van der Waals surface area contributed by atoms with E-state index in [0.717, 1.165) is 12.8 Å². The predicted molar refractivity (Wildman–Crippen MR) is 79.5 cm³/mol. The van der Waals surface area contributed by atoms with Crippen LogP contribution in [0.3, 0.4) is 0 Å². The van der Waals surface area contributed by atoms with E-state index in [1.807, 2.05) is 0 Å². The van der Waals surface area contributed by atoms with E-state index in [0.29, 0.717) is 23.9 Å². The van der Waals surface area contributed by atoms with E-state index >= 15 is 0 Å². The van der Waals surface area contributed by atoms with Crippen molar-refractivity contribution in [2.24, 2.45) is 4.99 Å². The van der Waals surface area contributed by atoms with Crippen molar-refractivity contribution < 1.29 is 0 Å². The molecule has 1 aliphatic carbocycles. The average molecular weight is 246 g/mol. The Morgan fingerprint density at radius 2 is 2.00 bits per heavy atom. The molecular weight excluding hydrogens is 219 g/mol. The SMILES string of the molecule is [B]C1CCCCCC2C(C1)N=C(CC)N2C(C)C. The highest BCUT2D eigenvalue weighted by atomic mass is 15.3. The zero-order valence-corrected chi connectivity index (χ0v) is 12.2. The predicted octanol–water partition coefficient (Wildman–Crippen LogP) is 3.57. The molecule has 1 saturated carbocycles. The van der Waals surface area contributed by atoms with Crippen LogP contribution in [0.4, 0.5) is 0 Å². The van der Waals surface area contributed by atoms with Crippen LogP contribution >= 0.6 is 0 Å². The fraction of sp³-hybridized carbons (Fsp3) is 0.933. The summed E-state index contributed by atoms with van der Waals surface area (Å²) in [4.78, 5) is 7.56. The van der Waals surface area contributed by atoms with Crippen molar-refractivity contribution >= 4 is 13.7 Å². The Hall–Kier alpha value is -0.465. The van der Waals surface area contributed by atoms with E-state index in [4.69, 9.17) is 12.8 Å². The van der Waals surface area contributed by atoms with Gasteiger partial charge in [-0.15, -0.1) is 0 Å². The van der Waals surface area contributed by atoms with Gasteiger partial charge in [0, 0.05) is 12.5 Å². The molecule has 1 heterocycles. The van der Waals surface area contributed by atoms with Crippen molar-refractivity contribution in [3.8, 4) is 0 Å². The normalized spacial score (nSPS) is 33.7. The Balaban J connectivity index is 2.17. The molecule has 0 amide bonds. The van der Waals surface area contributed by atoms with Gasteiger partial charge in [-0.3, -0.25) is 4.99 Å². The first-order valence-electron chi connectivity index (χ1n) is 7.74. The van der Waals surface area contributed by atoms with Crippen LogP contribution in [0.5, 0.6) is 0 Å². The zero-order valence-electron chi connectivity index (χ0n) is 12.2. The molecule has 18 heavy (non-hydrogen) atoms. The van der Waals surface area contributed by atoms with Gasteiger partial charge in [0.1, 0.15) is 0 Å². The summed E-state index contributed by atoms with van der Waals surface area (Å²) in [5, 5.41) is 0. The van der Waals surface area contributed by atoms with Crippen molar-refractivity contribution in [2.75, 3.05) is 0 Å². The Kier molecular flexibility index (Phi) is 4.74. The van der Waals surface area contributed by atoms with Crippen LogP contribution in [-0.2, 0) is 0 Å². The summed E-state index contributed by atoms with van der Waals surface area (Å²) < 4.78 is 0. The molecule has 2 nitrogen and oxygen atoms in total. The molecule has 2 aliphatic rings. The quantitative estimate of drug-likeness (QED) is 0.680. The van der Waals surface area contributed by atoms with E-state index in [2.05, 4.69) is 25.7 Å². The summed E-state index contributed by atoms with van der Waals surface area (Å²) in [5.41, 5.74) is 0. The molecule has 2 rings (SSSR count). The van der Waals surface area contributed by atoms with E-state index in [1.54, 1.807) is 0 Å². The lowest BCUT2D eigenvalue weighted by Crippen LogP contribution is -2.44. The average Bonchev–Trinajstić information content (AvgIpc) is 2.68. The van der Waals surface area contributed by atoms with E-state index in [1.165, 1.54) is 37.9 Å². The van der Waals surface area contributed by atoms with Gasteiger partial charge in [-0.25, -0.2) is 0 Å². The molecule has 100 valence electrons. The number of hydrogen-bond acceptors (Lipinski definition) is 2. The Labute approximate surface area is 114 Å². The van der Waals surface area contributed by atoms with E-state index in [9.17, 15) is 0 Å². The topological polar surface area (TPSA) is 15.6 Å². The molecule has 0 saturated heterocycles. The Morgan fingerprint density at radius 1 is 1.28 bits per heavy atom. The highest BCUT2D eigenvalue weighted by Gasteiger charge is 2.36. The summed E-state index contributed by atoms with van der Waals surface area (Å²) >= 11 is 0. The standard InChI is InChI=1S/C15H27BN2/c1-4-15-17-13-10-12(16)8-6-5-7-9-14(13)18(15)11(2)3/h11-14H,4-10H2,1-3H3. The lowest BCUT2D eigenvalue weighted by atomic mass is 9.78. The lowest BCUT2D eigenvalue weighted by Gasteiger charge is -2.34. The van der Waals surface area contributed by atoms with Crippen LogP contribution in [0.2, 0.25) is 5.82 Å². The second-order valence-electron chi connectivity index (χ2n) is 6.17. The third-order valence-corrected chi connectivity index (χ3v) is 4.41. The molecule has 3 heteroatoms. The molecule has 2 radical (unpaired) electrons. The Bertz CT molecular complexity index is 301. The number of amidine groups is 1. The molecule has 3 atom stereocenters. The van der Waals surface area contributed by atoms with Gasteiger partial charge < -0.3 is 4.90 Å². The first kappa shape index (κ1) is 14.0. The van der Waals surface area contributed by atoms with Gasteiger partial charge in [-0.1, -0.05) is 38.4 Å². The molecule has 0 spiro atoms. The molecule has 0 aromatic rings. The van der Waals surface area contributed by atoms with Gasteiger partial charge in [0.25, 0.3) is 0 Å². The van der Waals surface area contributed by atoms with Gasteiger partial charge in [-0.2, -0.15) is 0 Å². The largest absolute Gasteiger partial charge is 0.353 e. The highest BCUT2D eigenvalue weighted by molar-refractivity contribution is 6.11. The van der Waals surface area contributed by atoms with E-state index < -0.39 is 0 Å². The third-order valence-electron chi connectivity index (χ3n) is 4.41. The summed E-state index contributed by atoms with van der Waals surface area (Å²) in [5.74, 6) is 1.66. The van der Waals surface area contributed by atoms with Gasteiger partial charge >= 0.3 is 0 Å². The molecule has 0 aromatic carbocycles. The third kappa shape index (κ3) is 2.92. The van der Waals surface area contributed by atoms with Crippen LogP contribution in [0.15, 0.2) is 4.99 Å². The minimum absolute atomic E-state index is 0.351. The lowest BCUT2D eigenvalue weighted by molar-refractivity contribution is 0.235. The zero-order chi connectivity index (χ0) is 13.1. The van der Waals surface area contributed by atoms with Crippen LogP contribution < -0.4 is 0 Å². The maximum atomic E-state index is 6.25. The number of nitrogens with zero attached hydrogens (tertiary/aromatic N) is 2. The number of hydrogen-bond donors (Lipinski definition) is 0. The van der Waals surface area contributed by atoms with Crippen molar-refractivity contribution in [1.82, 2.24) is 4.90 Å². The van der Waals surface area contributed by atoms with Crippen molar-refractivity contribution in [2.45, 2.75) is 89.7 Å². The molecule has 1 fully saturated rings. The smallest absolute Gasteiger partial charge is 0.0996 e. The first-order valence-corrected chi connectivity index (χ1v) is 7.74. The summed E-state index contributed by atoms with van der Waals surface area (Å²) in [6.07, 6.45) is 8.59. The molecular formula is C15H27BN2. The maximum Gasteiger partial charge on any atom is 0.0996 e. The van der Waals surface area contributed by atoms with Crippen molar-refractivity contribution in [3.05, 3.63) is 0 Å². The minimum Gasteiger partial charge on any atom is -0.353 e. The fourth-order valence-corrected chi connectivity index (χ4v) is 3.58. The molecule has 0 aromatic heterocycles. The number of fused-ring (bicyclic) bond motifs is 1. The minimum atomic E-state index is 0.351. The molecule has 0 bridgehead atoms. The van der Waals surface area contributed by atoms with Gasteiger partial charge in [0.2, 0.25) is 0 Å². The molecule has 3 unspecified atom stereocenters. The summed E-state index contributed by atoms with van der Waals surface area (Å²) in [6.45, 7) is 6.81. The first-order chi connectivity index (χ1) is 8.63. The van der Waals surface area contributed by atoms with E-state index in [-0.39, 0.29) is 0 Å². The summed E-state index contributed by atoms with van der Waals surface area (Å²) in [7, 11) is 6.25. The summed E-state index contributed by atoms with van der Waals surface area (Å²) in [6, 6.07) is 1.63. The molecule has 1 aliphatic heterocycles. The van der Waals surface area contributed by atoms with Gasteiger partial charge in [0.05, 0.1) is 25.8 Å². The fourth-order valence-electron chi connectivity index (χ4n) is 3.58. The van der Waals surface area contributed by atoms with Crippen LogP contribution in [0, 0.1) is 0 Å². The van der Waals surface area contributed by atoms with Crippen molar-refractivity contribution in [3.63, 3.8) is 0 Å². The monoisotopic (exact) mass is 246 g/mol. The van der Waals surface area contributed by atoms with Gasteiger partial charge in [-0.05, 0) is 26.7 Å². The highest BCUT2D eigenvalue weighted by Crippen LogP contribution is 2.33. The number of aliphatic imine (C=N–C) groups is 1. The molecule has 0 N–H and O–H groups in total. The van der Waals surface area contributed by atoms with Gasteiger partial charge in [0.15, 0.2) is 0 Å². The van der Waals surface area contributed by atoms with Crippen LogP contribution in [0.25, 0.3) is 0 Å². The van der Waals surface area contributed by atoms with Crippen LogP contribution in [0.1, 0.15) is 65.7 Å². The van der Waals surface area contributed by atoms with Crippen LogP contribution in [-0.4, -0.2) is 36.7 Å². The number of rotatable bonds is 2. The maximum absolute atomic E-state index is 6.25. The Morgan fingerprint density at radius 3 is 2.67 bits per heavy atom. The second kappa shape index (κ2) is 6.12. The van der Waals surface area contributed by atoms with Crippen molar-refractivity contribution in [1.29, 1.82) is 0 Å². The second-order valence-corrected chi connectivity index (χ2v) is 6.17.